The van der Waals surface area contributed by atoms with Crippen molar-refractivity contribution < 1.29 is 9.13 Å². The van der Waals surface area contributed by atoms with Crippen molar-refractivity contribution >= 4 is 0 Å². The van der Waals surface area contributed by atoms with Crippen LogP contribution in [0.3, 0.4) is 0 Å². The van der Waals surface area contributed by atoms with E-state index in [1.54, 1.807) is 18.5 Å². The van der Waals surface area contributed by atoms with E-state index >= 15 is 4.39 Å². The van der Waals surface area contributed by atoms with Gasteiger partial charge < -0.3 is 9.30 Å². The van der Waals surface area contributed by atoms with E-state index in [1.165, 1.54) is 13.2 Å². The molecular weight excluding hydrogens is 419 g/mol. The molecule has 1 aliphatic rings. The van der Waals surface area contributed by atoms with Crippen LogP contribution in [0.25, 0.3) is 16.9 Å². The largest absolute Gasteiger partial charge is 0.497 e. The van der Waals surface area contributed by atoms with Gasteiger partial charge in [-0.3, -0.25) is 4.90 Å². The van der Waals surface area contributed by atoms with E-state index in [4.69, 9.17) is 9.84 Å². The number of aryl methyl sites for hydroxylation is 1. The first kappa shape index (κ1) is 21.3. The monoisotopic (exact) mass is 446 g/mol. The van der Waals surface area contributed by atoms with Gasteiger partial charge in [0, 0.05) is 49.4 Å². The van der Waals surface area contributed by atoms with E-state index in [-0.39, 0.29) is 5.82 Å². The molecule has 0 spiro atoms. The van der Waals surface area contributed by atoms with Crippen LogP contribution in [0, 0.1) is 5.82 Å². The van der Waals surface area contributed by atoms with E-state index < -0.39 is 0 Å². The molecule has 1 fully saturated rings. The van der Waals surface area contributed by atoms with Gasteiger partial charge in [-0.2, -0.15) is 5.10 Å². The smallest absolute Gasteiger partial charge is 0.136 e. The first-order valence-corrected chi connectivity index (χ1v) is 11.2. The van der Waals surface area contributed by atoms with Gasteiger partial charge in [0.05, 0.1) is 12.8 Å². The highest BCUT2D eigenvalue weighted by Crippen LogP contribution is 2.31. The fourth-order valence-corrected chi connectivity index (χ4v) is 4.59. The Morgan fingerprint density at radius 3 is 2.73 bits per heavy atom. The highest BCUT2D eigenvalue weighted by atomic mass is 19.1. The summed E-state index contributed by atoms with van der Waals surface area (Å²) in [5.74, 6) is 1.49. The van der Waals surface area contributed by atoms with Crippen molar-refractivity contribution in [1.82, 2.24) is 29.4 Å². The van der Waals surface area contributed by atoms with Gasteiger partial charge in [-0.05, 0) is 43.7 Å². The molecule has 4 aromatic rings. The Labute approximate surface area is 192 Å². The van der Waals surface area contributed by atoms with Crippen molar-refractivity contribution in [3.63, 3.8) is 0 Å². The second kappa shape index (κ2) is 9.15. The molecule has 33 heavy (non-hydrogen) atoms. The van der Waals surface area contributed by atoms with Crippen LogP contribution in [0.2, 0.25) is 0 Å². The van der Waals surface area contributed by atoms with Crippen LogP contribution in [-0.2, 0) is 13.6 Å². The van der Waals surface area contributed by atoms with E-state index in [0.717, 1.165) is 43.0 Å². The third kappa shape index (κ3) is 4.39. The van der Waals surface area contributed by atoms with Gasteiger partial charge >= 0.3 is 0 Å². The van der Waals surface area contributed by atoms with Crippen molar-refractivity contribution in [1.29, 1.82) is 0 Å². The standard InChI is InChI=1S/C25H27FN6O/c1-30-17-27-28-25(30)18-7-6-12-31(14-18)15-19-16-32(20-8-4-3-5-9-20)29-24(19)22-11-10-21(33-2)13-23(22)26/h3-5,8-11,13,16-18H,6-7,12,14-15H2,1-2H3/t18-/m1/s1. The van der Waals surface area contributed by atoms with Crippen LogP contribution in [0.15, 0.2) is 61.1 Å². The Morgan fingerprint density at radius 2 is 2.00 bits per heavy atom. The molecule has 3 heterocycles. The van der Waals surface area contributed by atoms with Gasteiger partial charge in [0.15, 0.2) is 0 Å². The number of nitrogens with zero attached hydrogens (tertiary/aromatic N) is 6. The lowest BCUT2D eigenvalue weighted by atomic mass is 9.96. The lowest BCUT2D eigenvalue weighted by Crippen LogP contribution is -2.34. The minimum Gasteiger partial charge on any atom is -0.497 e. The third-order valence-electron chi connectivity index (χ3n) is 6.25. The van der Waals surface area contributed by atoms with Crippen LogP contribution in [0.5, 0.6) is 5.75 Å². The maximum Gasteiger partial charge on any atom is 0.136 e. The van der Waals surface area contributed by atoms with E-state index in [2.05, 4.69) is 15.1 Å². The Bertz CT molecular complexity index is 1230. The first-order valence-electron chi connectivity index (χ1n) is 11.2. The summed E-state index contributed by atoms with van der Waals surface area (Å²) in [5.41, 5.74) is 3.05. The maximum atomic E-state index is 15.0. The number of hydrogen-bond donors (Lipinski definition) is 0. The van der Waals surface area contributed by atoms with Gasteiger partial charge in [0.1, 0.15) is 29.4 Å². The quantitative estimate of drug-likeness (QED) is 0.444. The van der Waals surface area contributed by atoms with Crippen LogP contribution in [0.4, 0.5) is 4.39 Å². The SMILES string of the molecule is COc1ccc(-c2nn(-c3ccccc3)cc2CN2CCC[C@@H](c3nncn3C)C2)c(F)c1. The number of ether oxygens (including phenoxy) is 1. The molecule has 1 saturated heterocycles. The average molecular weight is 447 g/mol. The number of likely N-dealkylation sites (tertiary alicyclic amines) is 1. The van der Waals surface area contributed by atoms with Gasteiger partial charge in [0.2, 0.25) is 0 Å². The van der Waals surface area contributed by atoms with E-state index in [0.29, 0.717) is 29.5 Å². The molecular formula is C25H27FN6O. The van der Waals surface area contributed by atoms with Crippen molar-refractivity contribution in [3.8, 4) is 22.7 Å². The van der Waals surface area contributed by atoms with Gasteiger partial charge in [-0.15, -0.1) is 10.2 Å². The molecule has 1 atom stereocenters. The third-order valence-corrected chi connectivity index (χ3v) is 6.25. The highest BCUT2D eigenvalue weighted by Gasteiger charge is 2.26. The molecule has 7 nitrogen and oxygen atoms in total. The number of benzene rings is 2. The van der Waals surface area contributed by atoms with Gasteiger partial charge in [-0.25, -0.2) is 9.07 Å². The fraction of sp³-hybridized carbons (Fsp3) is 0.320. The summed E-state index contributed by atoms with van der Waals surface area (Å²) >= 11 is 0. The summed E-state index contributed by atoms with van der Waals surface area (Å²) in [5, 5.41) is 13.2. The summed E-state index contributed by atoms with van der Waals surface area (Å²) < 4.78 is 24.0. The molecule has 5 rings (SSSR count). The number of para-hydroxylation sites is 1. The zero-order chi connectivity index (χ0) is 22.8. The maximum absolute atomic E-state index is 15.0. The van der Waals surface area contributed by atoms with Crippen LogP contribution in [0.1, 0.15) is 30.1 Å². The second-order valence-corrected chi connectivity index (χ2v) is 8.50. The number of hydrogen-bond acceptors (Lipinski definition) is 5. The van der Waals surface area contributed by atoms with Crippen LogP contribution < -0.4 is 4.74 Å². The summed E-state index contributed by atoms with van der Waals surface area (Å²) in [6.45, 7) is 2.55. The molecule has 2 aromatic heterocycles. The Kier molecular flexibility index (Phi) is 5.92. The fourth-order valence-electron chi connectivity index (χ4n) is 4.59. The molecule has 170 valence electrons. The molecule has 1 aliphatic heterocycles. The van der Waals surface area contributed by atoms with E-state index in [9.17, 15) is 0 Å². The first-order chi connectivity index (χ1) is 16.1. The predicted octanol–water partition coefficient (Wildman–Crippen LogP) is 4.20. The Balaban J connectivity index is 1.48. The zero-order valence-corrected chi connectivity index (χ0v) is 18.9. The molecule has 0 radical (unpaired) electrons. The summed E-state index contributed by atoms with van der Waals surface area (Å²) in [6, 6.07) is 14.8. The molecule has 8 heteroatoms. The summed E-state index contributed by atoms with van der Waals surface area (Å²) in [7, 11) is 3.52. The molecule has 0 amide bonds. The van der Waals surface area contributed by atoms with Crippen molar-refractivity contribution in [2.45, 2.75) is 25.3 Å². The predicted molar refractivity (Wildman–Crippen MR) is 124 cm³/mol. The minimum atomic E-state index is -0.343. The van der Waals surface area contributed by atoms with Crippen molar-refractivity contribution in [2.75, 3.05) is 20.2 Å². The number of rotatable bonds is 6. The molecule has 0 saturated carbocycles. The van der Waals surface area contributed by atoms with Crippen LogP contribution in [-0.4, -0.2) is 49.6 Å². The normalized spacial score (nSPS) is 16.8. The zero-order valence-electron chi connectivity index (χ0n) is 18.9. The second-order valence-electron chi connectivity index (χ2n) is 8.50. The average Bonchev–Trinajstić information content (AvgIpc) is 3.46. The van der Waals surface area contributed by atoms with E-state index in [1.807, 2.05) is 52.8 Å². The number of aromatic nitrogens is 5. The molecule has 0 unspecified atom stereocenters. The molecule has 0 bridgehead atoms. The van der Waals surface area contributed by atoms with Gasteiger partial charge in [0.25, 0.3) is 0 Å². The summed E-state index contributed by atoms with van der Waals surface area (Å²) in [6.07, 6.45) is 5.94. The molecule has 2 aromatic carbocycles. The number of halogens is 1. The van der Waals surface area contributed by atoms with Crippen molar-refractivity contribution in [3.05, 3.63) is 78.3 Å². The molecule has 0 aliphatic carbocycles. The topological polar surface area (TPSA) is 61.0 Å². The lowest BCUT2D eigenvalue weighted by Gasteiger charge is -2.32. The lowest BCUT2D eigenvalue weighted by molar-refractivity contribution is 0.195. The minimum absolute atomic E-state index is 0.330. The Morgan fingerprint density at radius 1 is 1.15 bits per heavy atom. The van der Waals surface area contributed by atoms with Gasteiger partial charge in [-0.1, -0.05) is 18.2 Å². The van der Waals surface area contributed by atoms with Crippen molar-refractivity contribution in [2.24, 2.45) is 7.05 Å². The summed E-state index contributed by atoms with van der Waals surface area (Å²) in [4.78, 5) is 2.40. The number of methoxy groups -OCH3 is 1. The highest BCUT2D eigenvalue weighted by molar-refractivity contribution is 5.65. The van der Waals surface area contributed by atoms with Crippen LogP contribution >= 0.6 is 0 Å². The molecule has 0 N–H and O–H groups in total. The number of piperidine rings is 1. The Hall–Kier alpha value is -3.52.